The maximum atomic E-state index is 12.2. The van der Waals surface area contributed by atoms with Gasteiger partial charge in [0.15, 0.2) is 6.54 Å². The van der Waals surface area contributed by atoms with Gasteiger partial charge in [0, 0.05) is 11.8 Å². The molecule has 1 fully saturated rings. The van der Waals surface area contributed by atoms with E-state index in [-0.39, 0.29) is 11.9 Å². The lowest BCUT2D eigenvalue weighted by Crippen LogP contribution is -3.15. The van der Waals surface area contributed by atoms with Crippen molar-refractivity contribution in [3.8, 4) is 5.75 Å². The highest BCUT2D eigenvalue weighted by Gasteiger charge is 2.23. The average Bonchev–Trinajstić information content (AvgIpc) is 3.17. The van der Waals surface area contributed by atoms with Crippen LogP contribution in [0.5, 0.6) is 5.75 Å². The van der Waals surface area contributed by atoms with Gasteiger partial charge in [-0.1, -0.05) is 6.07 Å². The number of nitrogens with one attached hydrogen (secondary N) is 2. The summed E-state index contributed by atoms with van der Waals surface area (Å²) in [5, 5.41) is 3.00. The van der Waals surface area contributed by atoms with Crippen LogP contribution in [0.1, 0.15) is 18.7 Å². The first kappa shape index (κ1) is 17.4. The van der Waals surface area contributed by atoms with E-state index >= 15 is 0 Å². The maximum Gasteiger partial charge on any atom is 0.275 e. The van der Waals surface area contributed by atoms with E-state index in [1.54, 1.807) is 13.4 Å². The number of quaternary nitrogens is 1. The number of methoxy groups -OCH3 is 1. The molecule has 1 aromatic carbocycles. The zero-order chi connectivity index (χ0) is 17.6. The predicted octanol–water partition coefficient (Wildman–Crippen LogP) is 0.871. The Bertz CT molecular complexity index is 679. The van der Waals surface area contributed by atoms with Crippen molar-refractivity contribution < 1.29 is 18.8 Å². The molecule has 6 nitrogen and oxygen atoms in total. The van der Waals surface area contributed by atoms with Crippen LogP contribution in [-0.4, -0.2) is 45.7 Å². The number of amides is 1. The molecule has 25 heavy (non-hydrogen) atoms. The second kappa shape index (κ2) is 8.07. The van der Waals surface area contributed by atoms with E-state index in [4.69, 9.17) is 9.15 Å². The minimum Gasteiger partial charge on any atom is -0.497 e. The lowest BCUT2D eigenvalue weighted by molar-refractivity contribution is -0.892. The second-order valence-corrected chi connectivity index (χ2v) is 6.42. The molecule has 1 atom stereocenters. The number of piperazine rings is 1. The van der Waals surface area contributed by atoms with Crippen LogP contribution in [-0.2, 0) is 4.79 Å². The molecule has 0 radical (unpaired) electrons. The topological polar surface area (TPSA) is 59.2 Å². The number of carbonyl (C=O) groups excluding carboxylic acids is 1. The van der Waals surface area contributed by atoms with Crippen molar-refractivity contribution in [2.24, 2.45) is 0 Å². The molecule has 1 aliphatic rings. The minimum atomic E-state index is -0.0972. The fourth-order valence-corrected chi connectivity index (χ4v) is 3.19. The number of hydrogen-bond donors (Lipinski definition) is 2. The fourth-order valence-electron chi connectivity index (χ4n) is 3.19. The Morgan fingerprint density at radius 1 is 1.32 bits per heavy atom. The summed E-state index contributed by atoms with van der Waals surface area (Å²) in [5.74, 6) is 1.72. The quantitative estimate of drug-likeness (QED) is 0.816. The molecule has 3 rings (SSSR count). The van der Waals surface area contributed by atoms with Gasteiger partial charge in [0.25, 0.3) is 5.91 Å². The van der Waals surface area contributed by atoms with Gasteiger partial charge in [-0.05, 0) is 31.2 Å². The van der Waals surface area contributed by atoms with Gasteiger partial charge in [0.1, 0.15) is 11.5 Å². The molecular weight excluding hydrogens is 318 g/mol. The molecule has 2 heterocycles. The van der Waals surface area contributed by atoms with E-state index in [2.05, 4.69) is 22.3 Å². The highest BCUT2D eigenvalue weighted by molar-refractivity contribution is 5.77. The zero-order valence-electron chi connectivity index (χ0n) is 14.8. The van der Waals surface area contributed by atoms with Crippen molar-refractivity contribution in [2.75, 3.05) is 44.7 Å². The molecule has 0 spiro atoms. The molecule has 1 amide bonds. The second-order valence-electron chi connectivity index (χ2n) is 6.42. The molecule has 0 aliphatic carbocycles. The molecule has 6 heteroatoms. The SMILES string of the molecule is COc1cccc(N2CC[NH+](CC(=O)N[C@@H](C)c3ccco3)CC2)c1. The third kappa shape index (κ3) is 4.54. The van der Waals surface area contributed by atoms with Gasteiger partial charge < -0.3 is 24.3 Å². The Kier molecular flexibility index (Phi) is 5.60. The molecule has 0 bridgehead atoms. The third-order valence-electron chi connectivity index (χ3n) is 4.65. The van der Waals surface area contributed by atoms with E-state index in [0.29, 0.717) is 6.54 Å². The fraction of sp³-hybridized carbons (Fsp3) is 0.421. The maximum absolute atomic E-state index is 12.2. The molecule has 1 aliphatic heterocycles. The van der Waals surface area contributed by atoms with Crippen molar-refractivity contribution in [1.29, 1.82) is 0 Å². The largest absolute Gasteiger partial charge is 0.497 e. The summed E-state index contributed by atoms with van der Waals surface area (Å²) in [4.78, 5) is 15.9. The highest BCUT2D eigenvalue weighted by Crippen LogP contribution is 2.20. The molecule has 0 saturated carbocycles. The monoisotopic (exact) mass is 344 g/mol. The van der Waals surface area contributed by atoms with E-state index in [1.807, 2.05) is 31.2 Å². The minimum absolute atomic E-state index is 0.0636. The van der Waals surface area contributed by atoms with Crippen LogP contribution >= 0.6 is 0 Å². The van der Waals surface area contributed by atoms with Crippen LogP contribution in [0.25, 0.3) is 0 Å². The van der Waals surface area contributed by atoms with Gasteiger partial charge in [-0.15, -0.1) is 0 Å². The summed E-state index contributed by atoms with van der Waals surface area (Å²) in [6, 6.07) is 11.7. The Balaban J connectivity index is 1.46. The normalized spacial score (nSPS) is 16.5. The number of ether oxygens (including phenoxy) is 1. The van der Waals surface area contributed by atoms with E-state index in [0.717, 1.165) is 37.7 Å². The lowest BCUT2D eigenvalue weighted by Gasteiger charge is -2.33. The van der Waals surface area contributed by atoms with Gasteiger partial charge in [0.05, 0.1) is 45.6 Å². The van der Waals surface area contributed by atoms with Crippen LogP contribution in [0, 0.1) is 0 Å². The number of carbonyl (C=O) groups is 1. The van der Waals surface area contributed by atoms with Gasteiger partial charge in [-0.3, -0.25) is 4.79 Å². The van der Waals surface area contributed by atoms with E-state index in [9.17, 15) is 4.79 Å². The Hall–Kier alpha value is -2.47. The number of nitrogens with zero attached hydrogens (tertiary/aromatic N) is 1. The van der Waals surface area contributed by atoms with Crippen molar-refractivity contribution in [3.63, 3.8) is 0 Å². The summed E-state index contributed by atoms with van der Waals surface area (Å²) >= 11 is 0. The van der Waals surface area contributed by atoms with Crippen LogP contribution in [0.2, 0.25) is 0 Å². The molecule has 1 aromatic heterocycles. The molecular formula is C19H26N3O3+. The smallest absolute Gasteiger partial charge is 0.275 e. The number of anilines is 1. The summed E-state index contributed by atoms with van der Waals surface area (Å²) in [6.07, 6.45) is 1.63. The van der Waals surface area contributed by atoms with Crippen LogP contribution in [0.4, 0.5) is 5.69 Å². The average molecular weight is 344 g/mol. The third-order valence-corrected chi connectivity index (χ3v) is 4.65. The Labute approximate surface area is 148 Å². The first-order valence-electron chi connectivity index (χ1n) is 8.71. The van der Waals surface area contributed by atoms with Crippen molar-refractivity contribution in [2.45, 2.75) is 13.0 Å². The van der Waals surface area contributed by atoms with Crippen molar-refractivity contribution >= 4 is 11.6 Å². The van der Waals surface area contributed by atoms with Gasteiger partial charge in [0.2, 0.25) is 0 Å². The number of hydrogen-bond acceptors (Lipinski definition) is 4. The predicted molar refractivity (Wildman–Crippen MR) is 96.0 cm³/mol. The first-order valence-corrected chi connectivity index (χ1v) is 8.71. The number of benzene rings is 1. The first-order chi connectivity index (χ1) is 12.2. The standard InChI is InChI=1S/C19H25N3O3/c1-15(18-7-4-12-25-18)20-19(23)14-21-8-10-22(11-9-21)16-5-3-6-17(13-16)24-2/h3-7,12-13,15H,8-11,14H2,1-2H3,(H,20,23)/p+1/t15-/m0/s1. The number of furan rings is 1. The molecule has 2 N–H and O–H groups in total. The summed E-state index contributed by atoms with van der Waals surface area (Å²) < 4.78 is 10.6. The molecule has 134 valence electrons. The Morgan fingerprint density at radius 2 is 2.12 bits per heavy atom. The zero-order valence-corrected chi connectivity index (χ0v) is 14.8. The van der Waals surface area contributed by atoms with E-state index in [1.165, 1.54) is 10.6 Å². The lowest BCUT2D eigenvalue weighted by atomic mass is 10.2. The van der Waals surface area contributed by atoms with E-state index < -0.39 is 0 Å². The highest BCUT2D eigenvalue weighted by atomic mass is 16.5. The molecule has 0 unspecified atom stereocenters. The van der Waals surface area contributed by atoms with Crippen LogP contribution < -0.4 is 19.9 Å². The summed E-state index contributed by atoms with van der Waals surface area (Å²) in [7, 11) is 1.68. The number of rotatable bonds is 6. The summed E-state index contributed by atoms with van der Waals surface area (Å²) in [5.41, 5.74) is 1.18. The Morgan fingerprint density at radius 3 is 2.80 bits per heavy atom. The van der Waals surface area contributed by atoms with Crippen molar-refractivity contribution in [3.05, 3.63) is 48.4 Å². The van der Waals surface area contributed by atoms with Crippen LogP contribution in [0.15, 0.2) is 47.1 Å². The molecule has 2 aromatic rings. The van der Waals surface area contributed by atoms with Gasteiger partial charge in [-0.25, -0.2) is 0 Å². The van der Waals surface area contributed by atoms with Gasteiger partial charge >= 0.3 is 0 Å². The molecule has 1 saturated heterocycles. The van der Waals surface area contributed by atoms with Gasteiger partial charge in [-0.2, -0.15) is 0 Å². The van der Waals surface area contributed by atoms with Crippen molar-refractivity contribution in [1.82, 2.24) is 5.32 Å². The van der Waals surface area contributed by atoms with Crippen LogP contribution in [0.3, 0.4) is 0 Å². The summed E-state index contributed by atoms with van der Waals surface area (Å²) in [6.45, 7) is 6.19.